The lowest BCUT2D eigenvalue weighted by molar-refractivity contribution is 0.633. The molecule has 0 fully saturated rings. The highest BCUT2D eigenvalue weighted by molar-refractivity contribution is 5.95. The van der Waals surface area contributed by atoms with Crippen molar-refractivity contribution in [1.82, 2.24) is 0 Å². The third-order valence-electron chi connectivity index (χ3n) is 15.3. The molecule has 3 aliphatic carbocycles. The largest absolute Gasteiger partial charge is 0.311 e. The van der Waals surface area contributed by atoms with Gasteiger partial charge in [0.05, 0.1) is 10.8 Å². The molecular weight excluding hydrogens is 831 g/mol. The van der Waals surface area contributed by atoms with Gasteiger partial charge in [-0.05, 0) is 156 Å². The van der Waals surface area contributed by atoms with Crippen LogP contribution >= 0.6 is 0 Å². The number of allylic oxidation sites excluding steroid dienone is 4. The fourth-order valence-corrected chi connectivity index (χ4v) is 12.3. The van der Waals surface area contributed by atoms with Gasteiger partial charge in [-0.15, -0.1) is 0 Å². The van der Waals surface area contributed by atoms with Gasteiger partial charge in [0.2, 0.25) is 0 Å². The van der Waals surface area contributed by atoms with E-state index in [1.165, 1.54) is 100 Å². The van der Waals surface area contributed by atoms with Gasteiger partial charge in [0.1, 0.15) is 0 Å². The quantitative estimate of drug-likeness (QED) is 0.144. The molecule has 0 N–H and O–H groups in total. The van der Waals surface area contributed by atoms with Crippen molar-refractivity contribution in [1.29, 1.82) is 0 Å². The van der Waals surface area contributed by atoms with Crippen molar-refractivity contribution < 1.29 is 0 Å². The predicted molar refractivity (Wildman–Crippen MR) is 289 cm³/mol. The third-order valence-corrected chi connectivity index (χ3v) is 15.3. The Kier molecular flexibility index (Phi) is 9.49. The van der Waals surface area contributed by atoms with E-state index in [2.05, 4.69) is 280 Å². The molecule has 69 heavy (non-hydrogen) atoms. The van der Waals surface area contributed by atoms with Crippen molar-refractivity contribution in [3.8, 4) is 44.5 Å². The highest BCUT2D eigenvalue weighted by atomic mass is 15.1. The van der Waals surface area contributed by atoms with E-state index in [-0.39, 0.29) is 0 Å². The fourth-order valence-electron chi connectivity index (χ4n) is 12.3. The topological polar surface area (TPSA) is 3.24 Å². The Morgan fingerprint density at radius 3 is 1.14 bits per heavy atom. The molecule has 0 unspecified atom stereocenters. The van der Waals surface area contributed by atoms with Crippen LogP contribution in [0.3, 0.4) is 0 Å². The minimum absolute atomic E-state index is 0.466. The van der Waals surface area contributed by atoms with E-state index in [1.54, 1.807) is 0 Å². The van der Waals surface area contributed by atoms with Crippen molar-refractivity contribution >= 4 is 22.6 Å². The number of fused-ring (bicyclic) bond motifs is 16. The Bertz CT molecular complexity index is 3570. The molecule has 0 aromatic heterocycles. The molecule has 10 aromatic carbocycles. The summed E-state index contributed by atoms with van der Waals surface area (Å²) in [5.74, 6) is 0. The van der Waals surface area contributed by atoms with Crippen molar-refractivity contribution in [2.75, 3.05) is 4.90 Å². The number of anilines is 3. The third kappa shape index (κ3) is 5.97. The average molecular weight is 880 g/mol. The molecule has 0 aliphatic heterocycles. The Morgan fingerprint density at radius 2 is 0.681 bits per heavy atom. The van der Waals surface area contributed by atoms with Gasteiger partial charge in [0.15, 0.2) is 0 Å². The van der Waals surface area contributed by atoms with Gasteiger partial charge < -0.3 is 4.90 Å². The molecule has 326 valence electrons. The summed E-state index contributed by atoms with van der Waals surface area (Å²) in [6.45, 7) is 4.22. The lowest BCUT2D eigenvalue weighted by atomic mass is 9.52. The first kappa shape index (κ1) is 40.7. The molecule has 13 rings (SSSR count). The molecule has 1 heteroatoms. The van der Waals surface area contributed by atoms with Crippen LogP contribution in [0.1, 0.15) is 63.9 Å². The van der Waals surface area contributed by atoms with Gasteiger partial charge in [-0.1, -0.05) is 218 Å². The molecule has 0 saturated carbocycles. The Morgan fingerprint density at radius 1 is 0.333 bits per heavy atom. The highest BCUT2D eigenvalue weighted by Crippen LogP contribution is 2.67. The van der Waals surface area contributed by atoms with Crippen molar-refractivity contribution in [3.05, 3.63) is 311 Å². The van der Waals surface area contributed by atoms with Crippen LogP contribution in [0.15, 0.2) is 261 Å². The zero-order chi connectivity index (χ0) is 46.1. The van der Waals surface area contributed by atoms with Crippen LogP contribution in [0.5, 0.6) is 0 Å². The molecule has 0 saturated heterocycles. The van der Waals surface area contributed by atoms with Gasteiger partial charge in [-0.3, -0.25) is 0 Å². The number of benzene rings is 10. The minimum Gasteiger partial charge on any atom is -0.311 e. The van der Waals surface area contributed by atoms with Gasteiger partial charge in [-0.25, -0.2) is 0 Å². The van der Waals surface area contributed by atoms with E-state index in [0.29, 0.717) is 0 Å². The Labute approximate surface area is 405 Å². The van der Waals surface area contributed by atoms with Crippen LogP contribution in [0.25, 0.3) is 50.1 Å². The van der Waals surface area contributed by atoms with Gasteiger partial charge in [0, 0.05) is 17.1 Å². The zero-order valence-electron chi connectivity index (χ0n) is 38.8. The number of nitrogens with zero attached hydrogens (tertiary/aromatic N) is 1. The summed E-state index contributed by atoms with van der Waals surface area (Å²) in [7, 11) is 0. The van der Waals surface area contributed by atoms with E-state index in [1.807, 2.05) is 0 Å². The highest BCUT2D eigenvalue weighted by Gasteiger charge is 2.58. The molecule has 0 radical (unpaired) electrons. The Balaban J connectivity index is 0.960. The maximum absolute atomic E-state index is 2.51. The number of rotatable bonds is 7. The van der Waals surface area contributed by atoms with Gasteiger partial charge in [-0.2, -0.15) is 0 Å². The first-order valence-electron chi connectivity index (χ1n) is 24.2. The zero-order valence-corrected chi connectivity index (χ0v) is 38.8. The molecule has 0 heterocycles. The van der Waals surface area contributed by atoms with E-state index < -0.39 is 10.8 Å². The summed E-state index contributed by atoms with van der Waals surface area (Å²) in [6, 6.07) is 91.0. The number of hydrogen-bond acceptors (Lipinski definition) is 1. The molecule has 0 bridgehead atoms. The van der Waals surface area contributed by atoms with E-state index in [9.17, 15) is 0 Å². The second-order valence-electron chi connectivity index (χ2n) is 18.7. The summed E-state index contributed by atoms with van der Waals surface area (Å²) in [5.41, 5.74) is 25.6. The van der Waals surface area contributed by atoms with Crippen LogP contribution in [-0.2, 0) is 10.8 Å². The maximum atomic E-state index is 2.51. The summed E-state index contributed by atoms with van der Waals surface area (Å²) in [6.07, 6.45) is 6.34. The van der Waals surface area contributed by atoms with Crippen LogP contribution in [0, 0.1) is 0 Å². The smallest absolute Gasteiger partial charge is 0.0720 e. The Hall–Kier alpha value is -8.52. The standard InChI is InChI=1S/C68H49N/c1-3-4-18-46(2)47-31-38-52(39-32-47)69(53-40-33-49(34-41-53)48-19-6-5-7-20-48)54-42-35-50(36-43-54)51-37-44-58-57-23-10-13-26-61(57)68(66(58)45-51)64-29-16-14-27-62(64)67(63-28-15-17-30-65(63)68)59-24-11-8-21-55(59)56-22-9-12-25-60(56)67/h3-45H,1-2H3/b4-3-,46-18+. The van der Waals surface area contributed by atoms with Crippen LogP contribution in [-0.4, -0.2) is 0 Å². The van der Waals surface area contributed by atoms with E-state index >= 15 is 0 Å². The van der Waals surface area contributed by atoms with Crippen molar-refractivity contribution in [3.63, 3.8) is 0 Å². The SMILES string of the molecule is C/C=C\C=C(/C)c1ccc(N(c2ccc(-c3ccccc3)cc2)c2ccc(-c3ccc4c(c3)C3(c5ccccc5-4)c4ccccc4C4(c5ccccc5-c5ccccc54)c4ccccc43)cc2)cc1. The van der Waals surface area contributed by atoms with Crippen LogP contribution < -0.4 is 4.90 Å². The first-order valence-corrected chi connectivity index (χ1v) is 24.2. The first-order chi connectivity index (χ1) is 34.1. The lowest BCUT2D eigenvalue weighted by Gasteiger charge is -2.48. The second-order valence-corrected chi connectivity index (χ2v) is 18.7. The summed E-state index contributed by atoms with van der Waals surface area (Å²) in [4.78, 5) is 2.37. The number of hydrogen-bond donors (Lipinski definition) is 0. The molecule has 1 nitrogen and oxygen atoms in total. The van der Waals surface area contributed by atoms with Crippen LogP contribution in [0.2, 0.25) is 0 Å². The van der Waals surface area contributed by atoms with Gasteiger partial charge in [0.25, 0.3) is 0 Å². The van der Waals surface area contributed by atoms with Crippen LogP contribution in [0.4, 0.5) is 17.1 Å². The molecule has 0 atom stereocenters. The van der Waals surface area contributed by atoms with Crippen molar-refractivity contribution in [2.45, 2.75) is 24.7 Å². The monoisotopic (exact) mass is 879 g/mol. The summed E-state index contributed by atoms with van der Waals surface area (Å²) in [5, 5.41) is 0. The molecular formula is C68H49N. The maximum Gasteiger partial charge on any atom is 0.0720 e. The van der Waals surface area contributed by atoms with E-state index in [0.717, 1.165) is 17.1 Å². The van der Waals surface area contributed by atoms with Gasteiger partial charge >= 0.3 is 0 Å². The minimum atomic E-state index is -0.540. The molecule has 3 aliphatic rings. The van der Waals surface area contributed by atoms with E-state index in [4.69, 9.17) is 0 Å². The second kappa shape index (κ2) is 16.1. The average Bonchev–Trinajstić information content (AvgIpc) is 3.88. The molecule has 10 aromatic rings. The van der Waals surface area contributed by atoms with Crippen molar-refractivity contribution in [2.24, 2.45) is 0 Å². The lowest BCUT2D eigenvalue weighted by Crippen LogP contribution is -2.43. The molecule has 2 spiro atoms. The summed E-state index contributed by atoms with van der Waals surface area (Å²) >= 11 is 0. The fraction of sp³-hybridized carbons (Fsp3) is 0.0588. The predicted octanol–water partition coefficient (Wildman–Crippen LogP) is 17.5. The molecule has 0 amide bonds. The normalized spacial score (nSPS) is 14.2. The summed E-state index contributed by atoms with van der Waals surface area (Å²) < 4.78 is 0.